The zero-order chi connectivity index (χ0) is 20.9. The number of rotatable bonds is 6. The maximum atomic E-state index is 12.8. The summed E-state index contributed by atoms with van der Waals surface area (Å²) in [5.74, 6) is 1.63. The van der Waals surface area contributed by atoms with Gasteiger partial charge in [0.2, 0.25) is 12.7 Å². The van der Waals surface area contributed by atoms with Gasteiger partial charge in [0, 0.05) is 50.4 Å². The van der Waals surface area contributed by atoms with Crippen molar-refractivity contribution < 1.29 is 19.1 Å². The van der Waals surface area contributed by atoms with Crippen LogP contribution in [0.25, 0.3) is 0 Å². The molecule has 0 saturated carbocycles. The summed E-state index contributed by atoms with van der Waals surface area (Å²) < 4.78 is 10.8. The van der Waals surface area contributed by atoms with Crippen molar-refractivity contribution in [3.8, 4) is 11.5 Å². The van der Waals surface area contributed by atoms with E-state index in [9.17, 15) is 9.59 Å². The average molecular weight is 409 g/mol. The lowest BCUT2D eigenvalue weighted by Gasteiger charge is -2.34. The smallest absolute Gasteiger partial charge is 0.253 e. The van der Waals surface area contributed by atoms with Crippen LogP contribution in [0, 0.1) is 0 Å². The fraction of sp³-hybridized carbons (Fsp3) is 0.391. The normalized spacial score (nSPS) is 15.8. The number of hydrogen-bond acceptors (Lipinski definition) is 5. The van der Waals surface area contributed by atoms with E-state index in [2.05, 4.69) is 16.3 Å². The monoisotopic (exact) mass is 409 g/mol. The van der Waals surface area contributed by atoms with Crippen molar-refractivity contribution in [3.05, 3.63) is 53.6 Å². The van der Waals surface area contributed by atoms with E-state index < -0.39 is 0 Å². The van der Waals surface area contributed by atoms with E-state index >= 15 is 0 Å². The number of piperazine rings is 1. The Morgan fingerprint density at radius 2 is 1.70 bits per heavy atom. The van der Waals surface area contributed by atoms with Crippen molar-refractivity contribution in [2.24, 2.45) is 0 Å². The summed E-state index contributed by atoms with van der Waals surface area (Å²) in [6.45, 7) is 6.11. The van der Waals surface area contributed by atoms with Gasteiger partial charge in [0.15, 0.2) is 11.5 Å². The molecule has 2 heterocycles. The van der Waals surface area contributed by atoms with Crippen LogP contribution >= 0.6 is 0 Å². The minimum absolute atomic E-state index is 0.00448. The number of nitrogens with zero attached hydrogens (tertiary/aromatic N) is 2. The second-order valence-corrected chi connectivity index (χ2v) is 7.63. The molecule has 2 aliphatic rings. The number of fused-ring (bicyclic) bond motifs is 1. The highest BCUT2D eigenvalue weighted by molar-refractivity contribution is 5.95. The van der Waals surface area contributed by atoms with Gasteiger partial charge >= 0.3 is 0 Å². The molecule has 4 rings (SSSR count). The topological polar surface area (TPSA) is 71.1 Å². The van der Waals surface area contributed by atoms with Gasteiger partial charge in [-0.3, -0.25) is 14.5 Å². The highest BCUT2D eigenvalue weighted by Crippen LogP contribution is 2.32. The van der Waals surface area contributed by atoms with E-state index in [4.69, 9.17) is 9.47 Å². The lowest BCUT2D eigenvalue weighted by atomic mass is 10.1. The largest absolute Gasteiger partial charge is 0.454 e. The Balaban J connectivity index is 1.28. The summed E-state index contributed by atoms with van der Waals surface area (Å²) in [6.07, 6.45) is 1.31. The Morgan fingerprint density at radius 1 is 0.967 bits per heavy atom. The predicted molar refractivity (Wildman–Crippen MR) is 114 cm³/mol. The molecule has 1 saturated heterocycles. The molecule has 0 spiro atoms. The molecule has 0 atom stereocenters. The van der Waals surface area contributed by atoms with Crippen molar-refractivity contribution in [1.29, 1.82) is 0 Å². The van der Waals surface area contributed by atoms with Crippen molar-refractivity contribution in [2.45, 2.75) is 26.3 Å². The van der Waals surface area contributed by atoms with Gasteiger partial charge in [0.05, 0.1) is 0 Å². The quantitative estimate of drug-likeness (QED) is 0.794. The van der Waals surface area contributed by atoms with Crippen LogP contribution < -0.4 is 14.8 Å². The fourth-order valence-electron chi connectivity index (χ4n) is 3.74. The minimum Gasteiger partial charge on any atom is -0.454 e. The standard InChI is InChI=1S/C23H27N3O4/c1-2-3-22(27)24-19-7-5-18(6-8-19)23(28)26-12-10-25(11-13-26)15-17-4-9-20-21(14-17)30-16-29-20/h4-9,14H,2-3,10-13,15-16H2,1H3,(H,24,27). The lowest BCUT2D eigenvalue weighted by Crippen LogP contribution is -2.48. The van der Waals surface area contributed by atoms with E-state index in [-0.39, 0.29) is 18.6 Å². The van der Waals surface area contributed by atoms with Gasteiger partial charge in [0.1, 0.15) is 0 Å². The van der Waals surface area contributed by atoms with Gasteiger partial charge in [-0.1, -0.05) is 13.0 Å². The van der Waals surface area contributed by atoms with Gasteiger partial charge in [-0.2, -0.15) is 0 Å². The second-order valence-electron chi connectivity index (χ2n) is 7.63. The summed E-state index contributed by atoms with van der Waals surface area (Å²) in [4.78, 5) is 28.7. The third-order valence-electron chi connectivity index (χ3n) is 5.40. The molecule has 0 aromatic heterocycles. The maximum Gasteiger partial charge on any atom is 0.253 e. The number of amides is 2. The number of benzene rings is 2. The molecule has 0 aliphatic carbocycles. The highest BCUT2D eigenvalue weighted by atomic mass is 16.7. The molecule has 0 radical (unpaired) electrons. The summed E-state index contributed by atoms with van der Waals surface area (Å²) >= 11 is 0. The van der Waals surface area contributed by atoms with Gasteiger partial charge in [-0.05, 0) is 48.4 Å². The Hall–Kier alpha value is -3.06. The number of ether oxygens (including phenoxy) is 2. The zero-order valence-electron chi connectivity index (χ0n) is 17.2. The second kappa shape index (κ2) is 9.17. The molecular weight excluding hydrogens is 382 g/mol. The van der Waals surface area contributed by atoms with E-state index in [1.54, 1.807) is 24.3 Å². The summed E-state index contributed by atoms with van der Waals surface area (Å²) in [5.41, 5.74) is 2.55. The van der Waals surface area contributed by atoms with Gasteiger partial charge in [-0.25, -0.2) is 0 Å². The van der Waals surface area contributed by atoms with Crippen LogP contribution in [0.1, 0.15) is 35.7 Å². The van der Waals surface area contributed by atoms with Crippen LogP contribution in [0.4, 0.5) is 5.69 Å². The van der Waals surface area contributed by atoms with Crippen molar-refractivity contribution in [2.75, 3.05) is 38.3 Å². The molecule has 1 N–H and O–H groups in total. The number of carbonyl (C=O) groups is 2. The molecule has 0 bridgehead atoms. The van der Waals surface area contributed by atoms with E-state index in [1.165, 1.54) is 5.56 Å². The lowest BCUT2D eigenvalue weighted by molar-refractivity contribution is -0.116. The Kier molecular flexibility index (Phi) is 6.18. The van der Waals surface area contributed by atoms with Gasteiger partial charge in [-0.15, -0.1) is 0 Å². The van der Waals surface area contributed by atoms with Crippen LogP contribution in [0.2, 0.25) is 0 Å². The number of hydrogen-bond donors (Lipinski definition) is 1. The van der Waals surface area contributed by atoms with Crippen molar-refractivity contribution >= 4 is 17.5 Å². The summed E-state index contributed by atoms with van der Waals surface area (Å²) in [5, 5.41) is 2.85. The number of anilines is 1. The Labute approximate surface area is 176 Å². The van der Waals surface area contributed by atoms with Crippen molar-refractivity contribution in [1.82, 2.24) is 9.80 Å². The molecule has 7 nitrogen and oxygen atoms in total. The summed E-state index contributed by atoms with van der Waals surface area (Å²) in [6, 6.07) is 13.2. The Bertz CT molecular complexity index is 905. The first kappa shape index (κ1) is 20.2. The fourth-order valence-corrected chi connectivity index (χ4v) is 3.74. The molecule has 2 amide bonds. The Morgan fingerprint density at radius 3 is 2.43 bits per heavy atom. The first-order chi connectivity index (χ1) is 14.6. The number of nitrogens with one attached hydrogen (secondary N) is 1. The molecule has 30 heavy (non-hydrogen) atoms. The molecule has 2 aliphatic heterocycles. The van der Waals surface area contributed by atoms with Crippen LogP contribution in [0.5, 0.6) is 11.5 Å². The van der Waals surface area contributed by atoms with Crippen LogP contribution in [-0.2, 0) is 11.3 Å². The highest BCUT2D eigenvalue weighted by Gasteiger charge is 2.23. The predicted octanol–water partition coefficient (Wildman–Crippen LogP) is 3.11. The molecule has 2 aromatic rings. The molecular formula is C23H27N3O4. The van der Waals surface area contributed by atoms with E-state index in [1.807, 2.05) is 24.0 Å². The third-order valence-corrected chi connectivity index (χ3v) is 5.40. The third kappa shape index (κ3) is 4.74. The molecule has 1 fully saturated rings. The van der Waals surface area contributed by atoms with E-state index in [0.717, 1.165) is 43.2 Å². The molecule has 0 unspecified atom stereocenters. The number of carbonyl (C=O) groups excluding carboxylic acids is 2. The molecule has 2 aromatic carbocycles. The average Bonchev–Trinajstić information content (AvgIpc) is 3.22. The SMILES string of the molecule is CCCC(=O)Nc1ccc(C(=O)N2CCN(Cc3ccc4c(c3)OCO4)CC2)cc1. The molecule has 158 valence electrons. The van der Waals surface area contributed by atoms with Crippen LogP contribution in [0.15, 0.2) is 42.5 Å². The van der Waals surface area contributed by atoms with Crippen LogP contribution in [0.3, 0.4) is 0 Å². The maximum absolute atomic E-state index is 12.8. The van der Waals surface area contributed by atoms with Crippen LogP contribution in [-0.4, -0.2) is 54.6 Å². The molecule has 7 heteroatoms. The first-order valence-corrected chi connectivity index (χ1v) is 10.4. The summed E-state index contributed by atoms with van der Waals surface area (Å²) in [7, 11) is 0. The zero-order valence-corrected chi connectivity index (χ0v) is 17.2. The van der Waals surface area contributed by atoms with Crippen molar-refractivity contribution in [3.63, 3.8) is 0 Å². The first-order valence-electron chi connectivity index (χ1n) is 10.4. The minimum atomic E-state index is -0.00448. The van der Waals surface area contributed by atoms with Gasteiger partial charge < -0.3 is 19.7 Å². The van der Waals surface area contributed by atoms with Gasteiger partial charge in [0.25, 0.3) is 5.91 Å². The van der Waals surface area contributed by atoms with E-state index in [0.29, 0.717) is 25.1 Å².